The van der Waals surface area contributed by atoms with E-state index in [9.17, 15) is 0 Å². The summed E-state index contributed by atoms with van der Waals surface area (Å²) >= 11 is 0. The number of benzene rings is 5. The van der Waals surface area contributed by atoms with Crippen molar-refractivity contribution >= 4 is 33.5 Å². The highest BCUT2D eigenvalue weighted by atomic mass is 15.2. The SMILES string of the molecule is C1=C(c2ccc(NCc3ccccc3)c3ccccc23)CC(c2ccccc2)=NN=C1c1ccccc1. The van der Waals surface area contributed by atoms with E-state index >= 15 is 0 Å². The van der Waals surface area contributed by atoms with Crippen LogP contribution in [0.2, 0.25) is 0 Å². The molecule has 0 atom stereocenters. The number of nitrogens with one attached hydrogen (secondary N) is 1. The highest BCUT2D eigenvalue weighted by Gasteiger charge is 2.17. The minimum atomic E-state index is 0.699. The van der Waals surface area contributed by atoms with Gasteiger partial charge in [0.15, 0.2) is 0 Å². The summed E-state index contributed by atoms with van der Waals surface area (Å²) in [7, 11) is 0. The zero-order valence-corrected chi connectivity index (χ0v) is 20.5. The summed E-state index contributed by atoms with van der Waals surface area (Å²) in [5.74, 6) is 0. The molecular formula is C34H27N3. The summed E-state index contributed by atoms with van der Waals surface area (Å²) in [6.07, 6.45) is 2.90. The molecule has 1 N–H and O–H groups in total. The maximum Gasteiger partial charge on any atom is 0.0932 e. The Morgan fingerprint density at radius 1 is 0.568 bits per heavy atom. The predicted octanol–water partition coefficient (Wildman–Crippen LogP) is 8.13. The molecule has 0 saturated heterocycles. The van der Waals surface area contributed by atoms with Crippen molar-refractivity contribution in [2.24, 2.45) is 10.2 Å². The van der Waals surface area contributed by atoms with Gasteiger partial charge in [-0.15, -0.1) is 0 Å². The molecule has 0 aromatic heterocycles. The molecule has 5 aromatic carbocycles. The van der Waals surface area contributed by atoms with Crippen molar-refractivity contribution in [2.45, 2.75) is 13.0 Å². The van der Waals surface area contributed by atoms with Gasteiger partial charge in [0, 0.05) is 29.6 Å². The van der Waals surface area contributed by atoms with Crippen LogP contribution in [0.4, 0.5) is 5.69 Å². The van der Waals surface area contributed by atoms with Crippen LogP contribution in [-0.2, 0) is 6.54 Å². The van der Waals surface area contributed by atoms with E-state index in [1.807, 2.05) is 30.3 Å². The summed E-state index contributed by atoms with van der Waals surface area (Å²) < 4.78 is 0. The van der Waals surface area contributed by atoms with Crippen molar-refractivity contribution in [2.75, 3.05) is 5.32 Å². The molecule has 37 heavy (non-hydrogen) atoms. The molecular weight excluding hydrogens is 450 g/mol. The van der Waals surface area contributed by atoms with Gasteiger partial charge in [0.2, 0.25) is 0 Å². The van der Waals surface area contributed by atoms with Gasteiger partial charge in [0.05, 0.1) is 11.4 Å². The average molecular weight is 478 g/mol. The van der Waals surface area contributed by atoms with Crippen LogP contribution in [-0.4, -0.2) is 11.4 Å². The summed E-state index contributed by atoms with van der Waals surface area (Å²) in [5.41, 5.74) is 8.79. The zero-order chi connectivity index (χ0) is 24.9. The smallest absolute Gasteiger partial charge is 0.0932 e. The highest BCUT2D eigenvalue weighted by Crippen LogP contribution is 2.34. The summed E-state index contributed by atoms with van der Waals surface area (Å²) in [4.78, 5) is 0. The molecule has 178 valence electrons. The monoisotopic (exact) mass is 477 g/mol. The van der Waals surface area contributed by atoms with E-state index in [0.717, 1.165) is 34.8 Å². The number of hydrogen-bond donors (Lipinski definition) is 1. The Morgan fingerprint density at radius 3 is 1.92 bits per heavy atom. The fourth-order valence-corrected chi connectivity index (χ4v) is 4.81. The summed E-state index contributed by atoms with van der Waals surface area (Å²) in [6.45, 7) is 0.780. The second-order valence-electron chi connectivity index (χ2n) is 9.16. The van der Waals surface area contributed by atoms with E-state index in [2.05, 4.69) is 108 Å². The minimum Gasteiger partial charge on any atom is -0.380 e. The Bertz CT molecular complexity index is 1620. The van der Waals surface area contributed by atoms with Crippen LogP contribution >= 0.6 is 0 Å². The highest BCUT2D eigenvalue weighted by molar-refractivity contribution is 6.18. The molecule has 1 aliphatic rings. The second kappa shape index (κ2) is 10.5. The third-order valence-electron chi connectivity index (χ3n) is 6.72. The Balaban J connectivity index is 1.43. The molecule has 5 aromatic rings. The molecule has 3 nitrogen and oxygen atoms in total. The third kappa shape index (κ3) is 4.98. The van der Waals surface area contributed by atoms with Crippen LogP contribution in [0, 0.1) is 0 Å². The van der Waals surface area contributed by atoms with Crippen molar-refractivity contribution in [3.63, 3.8) is 0 Å². The lowest BCUT2D eigenvalue weighted by Crippen LogP contribution is -2.03. The Labute approximate surface area is 217 Å². The molecule has 0 bridgehead atoms. The first-order valence-electron chi connectivity index (χ1n) is 12.6. The van der Waals surface area contributed by atoms with Crippen LogP contribution in [0.5, 0.6) is 0 Å². The molecule has 6 rings (SSSR count). The standard InChI is InChI=1S/C34H27N3/c1-4-12-25(13-5-1)24-35-32-21-20-29(30-18-10-11-19-31(30)32)28-22-33(26-14-6-2-7-15-26)36-37-34(23-28)27-16-8-3-9-17-27/h1-22,35H,23-24H2. The van der Waals surface area contributed by atoms with Gasteiger partial charge in [-0.2, -0.15) is 10.2 Å². The third-order valence-corrected chi connectivity index (χ3v) is 6.72. The number of fused-ring (bicyclic) bond motifs is 1. The normalized spacial score (nSPS) is 13.4. The lowest BCUT2D eigenvalue weighted by Gasteiger charge is -2.16. The van der Waals surface area contributed by atoms with Crippen LogP contribution < -0.4 is 5.32 Å². The van der Waals surface area contributed by atoms with E-state index in [1.165, 1.54) is 27.5 Å². The Hall–Kier alpha value is -4.76. The molecule has 0 amide bonds. The zero-order valence-electron chi connectivity index (χ0n) is 20.5. The number of anilines is 1. The number of nitrogens with zero attached hydrogens (tertiary/aromatic N) is 2. The number of allylic oxidation sites excluding steroid dienone is 2. The van der Waals surface area contributed by atoms with Gasteiger partial charge in [-0.25, -0.2) is 0 Å². The van der Waals surface area contributed by atoms with E-state index in [-0.39, 0.29) is 0 Å². The fourth-order valence-electron chi connectivity index (χ4n) is 4.81. The van der Waals surface area contributed by atoms with E-state index in [1.54, 1.807) is 0 Å². The van der Waals surface area contributed by atoms with Crippen molar-refractivity contribution in [3.05, 3.63) is 156 Å². The lowest BCUT2D eigenvalue weighted by atomic mass is 9.91. The molecule has 1 aliphatic heterocycles. The Kier molecular flexibility index (Phi) is 6.42. The van der Waals surface area contributed by atoms with Gasteiger partial charge >= 0.3 is 0 Å². The van der Waals surface area contributed by atoms with Crippen molar-refractivity contribution in [1.29, 1.82) is 0 Å². The van der Waals surface area contributed by atoms with Crippen molar-refractivity contribution in [3.8, 4) is 0 Å². The molecule has 0 unspecified atom stereocenters. The topological polar surface area (TPSA) is 36.8 Å². The molecule has 0 fully saturated rings. The van der Waals surface area contributed by atoms with Gasteiger partial charge < -0.3 is 5.32 Å². The maximum absolute atomic E-state index is 4.73. The van der Waals surface area contributed by atoms with Crippen LogP contribution in [0.3, 0.4) is 0 Å². The van der Waals surface area contributed by atoms with E-state index in [0.29, 0.717) is 6.42 Å². The number of rotatable bonds is 6. The van der Waals surface area contributed by atoms with Gasteiger partial charge in [-0.3, -0.25) is 0 Å². The van der Waals surface area contributed by atoms with Gasteiger partial charge in [-0.05, 0) is 39.8 Å². The van der Waals surface area contributed by atoms with Crippen LogP contribution in [0.1, 0.15) is 28.7 Å². The Morgan fingerprint density at radius 2 is 1.19 bits per heavy atom. The molecule has 1 heterocycles. The lowest BCUT2D eigenvalue weighted by molar-refractivity contribution is 1.15. The van der Waals surface area contributed by atoms with E-state index in [4.69, 9.17) is 10.2 Å². The fraction of sp³-hybridized carbons (Fsp3) is 0.0588. The largest absolute Gasteiger partial charge is 0.380 e. The molecule has 3 heteroatoms. The van der Waals surface area contributed by atoms with Gasteiger partial charge in [0.25, 0.3) is 0 Å². The first kappa shape index (κ1) is 22.7. The van der Waals surface area contributed by atoms with Crippen LogP contribution in [0.15, 0.2) is 144 Å². The van der Waals surface area contributed by atoms with Crippen molar-refractivity contribution in [1.82, 2.24) is 0 Å². The van der Waals surface area contributed by atoms with E-state index < -0.39 is 0 Å². The molecule has 0 spiro atoms. The van der Waals surface area contributed by atoms with Gasteiger partial charge in [0.1, 0.15) is 0 Å². The quantitative estimate of drug-likeness (QED) is 0.263. The minimum absolute atomic E-state index is 0.699. The predicted molar refractivity (Wildman–Crippen MR) is 156 cm³/mol. The first-order chi connectivity index (χ1) is 18.3. The van der Waals surface area contributed by atoms with Crippen molar-refractivity contribution < 1.29 is 0 Å². The molecule has 0 radical (unpaired) electrons. The van der Waals surface area contributed by atoms with Gasteiger partial charge in [-0.1, -0.05) is 121 Å². The van der Waals surface area contributed by atoms with Crippen LogP contribution in [0.25, 0.3) is 16.3 Å². The summed E-state index contributed by atoms with van der Waals surface area (Å²) in [5, 5.41) is 15.5. The summed E-state index contributed by atoms with van der Waals surface area (Å²) in [6, 6.07) is 44.2. The molecule has 0 aliphatic carbocycles. The first-order valence-corrected chi connectivity index (χ1v) is 12.6. The maximum atomic E-state index is 4.73. The number of hydrogen-bond acceptors (Lipinski definition) is 3. The average Bonchev–Trinajstić information content (AvgIpc) is 3.21. The molecule has 0 saturated carbocycles. The second-order valence-corrected chi connectivity index (χ2v) is 9.16.